The molecule has 0 aliphatic carbocycles. The van der Waals surface area contributed by atoms with Gasteiger partial charge in [-0.1, -0.05) is 13.0 Å². The summed E-state index contributed by atoms with van der Waals surface area (Å²) in [4.78, 5) is 11.3. The number of hydrogen-bond donors (Lipinski definition) is 0. The maximum atomic E-state index is 11.3. The number of methoxy groups -OCH3 is 1. The van der Waals surface area contributed by atoms with Crippen molar-refractivity contribution in [1.82, 2.24) is 0 Å². The van der Waals surface area contributed by atoms with Gasteiger partial charge < -0.3 is 23.7 Å². The number of rotatable bonds is 3. The van der Waals surface area contributed by atoms with Crippen LogP contribution in [0, 0.1) is 5.92 Å². The Hall–Kier alpha value is -2.89. The van der Waals surface area contributed by atoms with Crippen LogP contribution < -0.4 is 23.7 Å². The lowest BCUT2D eigenvalue weighted by Crippen LogP contribution is -2.24. The molecule has 0 N–H and O–H groups in total. The molecule has 6 heteroatoms. The normalized spacial score (nSPS) is 20.1. The molecular formula is C20H20O6. The van der Waals surface area contributed by atoms with E-state index in [4.69, 9.17) is 23.7 Å². The molecule has 26 heavy (non-hydrogen) atoms. The van der Waals surface area contributed by atoms with Crippen molar-refractivity contribution in [3.05, 3.63) is 41.5 Å². The summed E-state index contributed by atoms with van der Waals surface area (Å²) in [6, 6.07) is 9.48. The van der Waals surface area contributed by atoms with Gasteiger partial charge in [-0.3, -0.25) is 4.79 Å². The highest BCUT2D eigenvalue weighted by molar-refractivity contribution is 5.71. The zero-order valence-electron chi connectivity index (χ0n) is 14.9. The quantitative estimate of drug-likeness (QED) is 0.618. The minimum Gasteiger partial charge on any atom is -0.493 e. The summed E-state index contributed by atoms with van der Waals surface area (Å²) >= 11 is 0. The molecule has 2 aromatic carbocycles. The van der Waals surface area contributed by atoms with E-state index in [0.29, 0.717) is 11.5 Å². The standard InChI is InChI=1S/C20H20O6/c1-11-6-14-8-19(25-12(2)21)17(22-3)9-16(14)26-20(11)13-4-5-15-18(7-13)24-10-23-15/h4-5,7-9,11,20H,6,10H2,1-3H3. The highest BCUT2D eigenvalue weighted by atomic mass is 16.7. The van der Waals surface area contributed by atoms with Gasteiger partial charge in [0.15, 0.2) is 23.0 Å². The van der Waals surface area contributed by atoms with E-state index in [0.717, 1.165) is 34.8 Å². The summed E-state index contributed by atoms with van der Waals surface area (Å²) in [6.07, 6.45) is 0.688. The molecule has 0 saturated carbocycles. The fourth-order valence-corrected chi connectivity index (χ4v) is 3.44. The average molecular weight is 356 g/mol. The van der Waals surface area contributed by atoms with E-state index in [-0.39, 0.29) is 24.8 Å². The highest BCUT2D eigenvalue weighted by Crippen LogP contribution is 2.45. The molecule has 4 rings (SSSR count). The Kier molecular flexibility index (Phi) is 4.11. The van der Waals surface area contributed by atoms with E-state index in [2.05, 4.69) is 6.92 Å². The first kappa shape index (κ1) is 16.6. The Bertz CT molecular complexity index is 860. The first-order valence-corrected chi connectivity index (χ1v) is 8.50. The van der Waals surface area contributed by atoms with Crippen LogP contribution in [0.3, 0.4) is 0 Å². The predicted octanol–water partition coefficient (Wildman–Crippen LogP) is 3.66. The summed E-state index contributed by atoms with van der Waals surface area (Å²) < 4.78 is 27.7. The Morgan fingerprint density at radius 2 is 1.88 bits per heavy atom. The third-order valence-corrected chi connectivity index (χ3v) is 4.64. The lowest BCUT2D eigenvalue weighted by atomic mass is 9.88. The molecule has 0 aromatic heterocycles. The molecule has 2 aliphatic heterocycles. The number of carbonyl (C=O) groups is 1. The molecule has 0 bridgehead atoms. The number of ether oxygens (including phenoxy) is 5. The molecule has 0 spiro atoms. The predicted molar refractivity (Wildman–Crippen MR) is 93.1 cm³/mol. The molecule has 0 amide bonds. The van der Waals surface area contributed by atoms with Gasteiger partial charge >= 0.3 is 5.97 Å². The molecule has 136 valence electrons. The first-order chi connectivity index (χ1) is 12.5. The van der Waals surface area contributed by atoms with E-state index in [1.54, 1.807) is 6.07 Å². The zero-order chi connectivity index (χ0) is 18.3. The number of benzene rings is 2. The van der Waals surface area contributed by atoms with Crippen LogP contribution in [0.4, 0.5) is 0 Å². The molecular weight excluding hydrogens is 336 g/mol. The topological polar surface area (TPSA) is 63.2 Å². The lowest BCUT2D eigenvalue weighted by Gasteiger charge is -2.32. The monoisotopic (exact) mass is 356 g/mol. The van der Waals surface area contributed by atoms with Gasteiger partial charge in [-0.25, -0.2) is 0 Å². The van der Waals surface area contributed by atoms with Gasteiger partial charge in [0.2, 0.25) is 6.79 Å². The van der Waals surface area contributed by atoms with Crippen LogP contribution in [0.25, 0.3) is 0 Å². The Morgan fingerprint density at radius 3 is 2.65 bits per heavy atom. The number of esters is 1. The first-order valence-electron chi connectivity index (χ1n) is 8.50. The van der Waals surface area contributed by atoms with Gasteiger partial charge in [-0.2, -0.15) is 0 Å². The average Bonchev–Trinajstić information content (AvgIpc) is 3.08. The van der Waals surface area contributed by atoms with Crippen molar-refractivity contribution in [3.63, 3.8) is 0 Å². The van der Waals surface area contributed by atoms with Gasteiger partial charge in [0.1, 0.15) is 11.9 Å². The summed E-state index contributed by atoms with van der Waals surface area (Å²) in [5, 5.41) is 0. The largest absolute Gasteiger partial charge is 0.493 e. The highest BCUT2D eigenvalue weighted by Gasteiger charge is 2.31. The minimum absolute atomic E-state index is 0.110. The van der Waals surface area contributed by atoms with E-state index in [9.17, 15) is 4.79 Å². The van der Waals surface area contributed by atoms with Crippen molar-refractivity contribution in [1.29, 1.82) is 0 Å². The van der Waals surface area contributed by atoms with E-state index < -0.39 is 0 Å². The Morgan fingerprint density at radius 1 is 1.08 bits per heavy atom. The van der Waals surface area contributed by atoms with Crippen molar-refractivity contribution in [2.24, 2.45) is 5.92 Å². The molecule has 2 atom stereocenters. The molecule has 0 saturated heterocycles. The SMILES string of the molecule is COc1cc2c(cc1OC(C)=O)CC(C)C(c1ccc3c(c1)OCO3)O2. The van der Waals surface area contributed by atoms with Gasteiger partial charge in [-0.15, -0.1) is 0 Å². The third-order valence-electron chi connectivity index (χ3n) is 4.64. The second-order valence-electron chi connectivity index (χ2n) is 6.54. The van der Waals surface area contributed by atoms with Gasteiger partial charge in [0.25, 0.3) is 0 Å². The fourth-order valence-electron chi connectivity index (χ4n) is 3.44. The molecule has 0 radical (unpaired) electrons. The molecule has 2 heterocycles. The van der Waals surface area contributed by atoms with E-state index >= 15 is 0 Å². The van der Waals surface area contributed by atoms with Crippen LogP contribution in [0.15, 0.2) is 30.3 Å². The molecule has 2 aromatic rings. The van der Waals surface area contributed by atoms with Crippen LogP contribution >= 0.6 is 0 Å². The third kappa shape index (κ3) is 2.92. The van der Waals surface area contributed by atoms with Gasteiger partial charge in [-0.05, 0) is 35.7 Å². The van der Waals surface area contributed by atoms with E-state index in [1.807, 2.05) is 24.3 Å². The van der Waals surface area contributed by atoms with Crippen LogP contribution in [0.1, 0.15) is 31.1 Å². The van der Waals surface area contributed by atoms with Crippen LogP contribution in [0.5, 0.6) is 28.7 Å². The van der Waals surface area contributed by atoms with Gasteiger partial charge in [0.05, 0.1) is 7.11 Å². The van der Waals surface area contributed by atoms with Crippen molar-refractivity contribution >= 4 is 5.97 Å². The zero-order valence-corrected chi connectivity index (χ0v) is 14.9. The van der Waals surface area contributed by atoms with Crippen LogP contribution in [-0.2, 0) is 11.2 Å². The second kappa shape index (κ2) is 6.44. The van der Waals surface area contributed by atoms with Crippen molar-refractivity contribution in [2.75, 3.05) is 13.9 Å². The van der Waals surface area contributed by atoms with Crippen LogP contribution in [-0.4, -0.2) is 19.9 Å². The molecule has 6 nitrogen and oxygen atoms in total. The second-order valence-corrected chi connectivity index (χ2v) is 6.54. The summed E-state index contributed by atoms with van der Waals surface area (Å²) in [5.74, 6) is 2.97. The smallest absolute Gasteiger partial charge is 0.308 e. The van der Waals surface area contributed by atoms with Crippen molar-refractivity contribution < 1.29 is 28.5 Å². The maximum absolute atomic E-state index is 11.3. The molecule has 0 fully saturated rings. The lowest BCUT2D eigenvalue weighted by molar-refractivity contribution is -0.132. The van der Waals surface area contributed by atoms with Crippen molar-refractivity contribution in [2.45, 2.75) is 26.4 Å². The summed E-state index contributed by atoms with van der Waals surface area (Å²) in [5.41, 5.74) is 2.03. The summed E-state index contributed by atoms with van der Waals surface area (Å²) in [7, 11) is 1.54. The fraction of sp³-hybridized carbons (Fsp3) is 0.350. The maximum Gasteiger partial charge on any atom is 0.308 e. The van der Waals surface area contributed by atoms with E-state index in [1.165, 1.54) is 14.0 Å². The molecule has 2 unspecified atom stereocenters. The van der Waals surface area contributed by atoms with Crippen molar-refractivity contribution in [3.8, 4) is 28.7 Å². The van der Waals surface area contributed by atoms with Gasteiger partial charge in [0, 0.05) is 18.9 Å². The summed E-state index contributed by atoms with van der Waals surface area (Å²) in [6.45, 7) is 3.75. The Labute approximate surface area is 151 Å². The number of fused-ring (bicyclic) bond motifs is 2. The molecule has 2 aliphatic rings. The number of hydrogen-bond acceptors (Lipinski definition) is 6. The number of carbonyl (C=O) groups excluding carboxylic acids is 1. The minimum atomic E-state index is -0.383. The van der Waals surface area contributed by atoms with Crippen LogP contribution in [0.2, 0.25) is 0 Å². The Balaban J connectivity index is 1.66.